The Kier molecular flexibility index (Phi) is 14.0. The molecular weight excluding hydrogens is 430 g/mol. The molecule has 0 aliphatic carbocycles. The van der Waals surface area contributed by atoms with Crippen molar-refractivity contribution in [1.82, 2.24) is 0 Å². The molecule has 0 unspecified atom stereocenters. The Balaban J connectivity index is 2.38. The quantitative estimate of drug-likeness (QED) is 0.130. The molecule has 0 saturated carbocycles. The number of carbonyl (C=O) groups is 1. The van der Waals surface area contributed by atoms with Gasteiger partial charge in [0, 0.05) is 28.8 Å². The summed E-state index contributed by atoms with van der Waals surface area (Å²) in [6, 6.07) is 1.84. The topological polar surface area (TPSA) is 63.3 Å². The third kappa shape index (κ3) is 11.4. The summed E-state index contributed by atoms with van der Waals surface area (Å²) in [6.07, 6.45) is 20.3. The van der Waals surface area contributed by atoms with E-state index in [1.165, 1.54) is 83.5 Å². The van der Waals surface area contributed by atoms with E-state index < -0.39 is 0 Å². The second-order valence-electron chi connectivity index (χ2n) is 12.7. The van der Waals surface area contributed by atoms with Crippen LogP contribution in [0.3, 0.4) is 0 Å². The third-order valence-electron chi connectivity index (χ3n) is 7.21. The number of anilines is 1. The lowest BCUT2D eigenvalue weighted by molar-refractivity contribution is 0.0979. The van der Waals surface area contributed by atoms with E-state index in [-0.39, 0.29) is 22.4 Å². The molecule has 3 nitrogen and oxygen atoms in total. The molecule has 0 aromatic heterocycles. The summed E-state index contributed by atoms with van der Waals surface area (Å²) in [4.78, 5) is 13.1. The SMILES string of the molecule is CCCCCCCCCCCCCCCCCC(=O)c1cc(C(C)(C)C)c(O)c(C(C)(C)C)c1N. The smallest absolute Gasteiger partial charge is 0.164 e. The number of Topliss-reactive ketones (excluding diaryl/α,β-unsaturated/α-hetero) is 1. The standard InChI is InChI=1S/C32H57NO2/c1-8-9-10-11-12-13-14-15-16-17-18-19-20-21-22-23-27(34)25-24-26(31(2,3)4)30(35)28(29(25)33)32(5,6)7/h24,35H,8-23,33H2,1-7H3. The highest BCUT2D eigenvalue weighted by Gasteiger charge is 2.31. The Labute approximate surface area is 217 Å². The number of benzene rings is 1. The number of unbranched alkanes of at least 4 members (excludes halogenated alkanes) is 14. The fraction of sp³-hybridized carbons (Fsp3) is 0.781. The minimum Gasteiger partial charge on any atom is -0.507 e. The summed E-state index contributed by atoms with van der Waals surface area (Å²) in [6.45, 7) is 14.6. The van der Waals surface area contributed by atoms with E-state index in [2.05, 4.69) is 27.7 Å². The van der Waals surface area contributed by atoms with Crippen LogP contribution in [-0.2, 0) is 10.8 Å². The second kappa shape index (κ2) is 15.6. The predicted molar refractivity (Wildman–Crippen MR) is 154 cm³/mol. The van der Waals surface area contributed by atoms with Crippen molar-refractivity contribution in [2.75, 3.05) is 5.73 Å². The Hall–Kier alpha value is -1.51. The largest absolute Gasteiger partial charge is 0.507 e. The molecule has 0 aliphatic rings. The highest BCUT2D eigenvalue weighted by Crippen LogP contribution is 2.44. The number of rotatable bonds is 17. The Morgan fingerprint density at radius 3 is 1.49 bits per heavy atom. The summed E-state index contributed by atoms with van der Waals surface area (Å²) in [5.74, 6) is 0.346. The Morgan fingerprint density at radius 2 is 1.11 bits per heavy atom. The van der Waals surface area contributed by atoms with Crippen LogP contribution >= 0.6 is 0 Å². The molecule has 1 rings (SSSR count). The highest BCUT2D eigenvalue weighted by atomic mass is 16.3. The van der Waals surface area contributed by atoms with Gasteiger partial charge in [0.25, 0.3) is 0 Å². The molecule has 0 saturated heterocycles. The first-order valence-electron chi connectivity index (χ1n) is 14.6. The molecule has 0 amide bonds. The number of nitrogens with two attached hydrogens (primary N) is 1. The monoisotopic (exact) mass is 487 g/mol. The fourth-order valence-corrected chi connectivity index (χ4v) is 5.04. The normalized spacial score (nSPS) is 12.3. The van der Waals surface area contributed by atoms with E-state index in [0.717, 1.165) is 18.4 Å². The first kappa shape index (κ1) is 31.5. The van der Waals surface area contributed by atoms with Crippen molar-refractivity contribution in [2.24, 2.45) is 0 Å². The van der Waals surface area contributed by atoms with Crippen molar-refractivity contribution in [2.45, 2.75) is 162 Å². The molecule has 1 aromatic carbocycles. The minimum atomic E-state index is -0.334. The number of hydrogen-bond donors (Lipinski definition) is 2. The zero-order chi connectivity index (χ0) is 26.5. The Bertz CT molecular complexity index is 752. The number of phenols is 1. The first-order valence-corrected chi connectivity index (χ1v) is 14.6. The highest BCUT2D eigenvalue weighted by molar-refractivity contribution is 6.02. The van der Waals surface area contributed by atoms with Crippen LogP contribution in [0.5, 0.6) is 5.75 Å². The predicted octanol–water partition coefficient (Wildman–Crippen LogP) is 10.0. The van der Waals surface area contributed by atoms with Crippen molar-refractivity contribution >= 4 is 11.5 Å². The molecule has 0 bridgehead atoms. The van der Waals surface area contributed by atoms with Crippen molar-refractivity contribution < 1.29 is 9.90 Å². The first-order chi connectivity index (χ1) is 16.4. The summed E-state index contributed by atoms with van der Waals surface area (Å²) >= 11 is 0. The number of aromatic hydroxyl groups is 1. The van der Waals surface area contributed by atoms with Crippen molar-refractivity contribution in [3.63, 3.8) is 0 Å². The molecule has 0 heterocycles. The lowest BCUT2D eigenvalue weighted by atomic mass is 9.76. The maximum Gasteiger partial charge on any atom is 0.164 e. The van der Waals surface area contributed by atoms with Crippen LogP contribution in [0.15, 0.2) is 6.07 Å². The maximum atomic E-state index is 13.1. The van der Waals surface area contributed by atoms with Crippen LogP contribution in [0, 0.1) is 0 Å². The number of hydrogen-bond acceptors (Lipinski definition) is 3. The van der Waals surface area contributed by atoms with Crippen molar-refractivity contribution in [3.05, 3.63) is 22.8 Å². The van der Waals surface area contributed by atoms with Gasteiger partial charge < -0.3 is 10.8 Å². The number of ketones is 1. The van der Waals surface area contributed by atoms with Crippen molar-refractivity contribution in [3.8, 4) is 5.75 Å². The average molecular weight is 488 g/mol. The van der Waals surface area contributed by atoms with Gasteiger partial charge in [-0.3, -0.25) is 4.79 Å². The van der Waals surface area contributed by atoms with Gasteiger partial charge in [0.2, 0.25) is 0 Å². The molecular formula is C32H57NO2. The lowest BCUT2D eigenvalue weighted by Gasteiger charge is -2.29. The molecule has 0 aliphatic heterocycles. The van der Waals surface area contributed by atoms with Gasteiger partial charge in [-0.1, -0.05) is 138 Å². The zero-order valence-corrected chi connectivity index (χ0v) is 24.3. The van der Waals surface area contributed by atoms with Gasteiger partial charge >= 0.3 is 0 Å². The van der Waals surface area contributed by atoms with E-state index in [4.69, 9.17) is 5.73 Å². The van der Waals surface area contributed by atoms with Crippen LogP contribution in [0.25, 0.3) is 0 Å². The van der Waals surface area contributed by atoms with Gasteiger partial charge in [0.05, 0.1) is 0 Å². The summed E-state index contributed by atoms with van der Waals surface area (Å²) < 4.78 is 0. The van der Waals surface area contributed by atoms with E-state index in [1.54, 1.807) is 0 Å². The van der Waals surface area contributed by atoms with Gasteiger partial charge in [-0.25, -0.2) is 0 Å². The molecule has 0 fully saturated rings. The molecule has 1 aromatic rings. The van der Waals surface area contributed by atoms with Gasteiger partial charge in [-0.05, 0) is 23.3 Å². The van der Waals surface area contributed by atoms with Crippen LogP contribution in [0.1, 0.15) is 173 Å². The third-order valence-corrected chi connectivity index (χ3v) is 7.21. The molecule has 202 valence electrons. The zero-order valence-electron chi connectivity index (χ0n) is 24.3. The van der Waals surface area contributed by atoms with Gasteiger partial charge in [0.15, 0.2) is 5.78 Å². The van der Waals surface area contributed by atoms with Gasteiger partial charge in [-0.2, -0.15) is 0 Å². The number of phenolic OH excluding ortho intramolecular Hbond substituents is 1. The van der Waals surface area contributed by atoms with Crippen molar-refractivity contribution in [1.29, 1.82) is 0 Å². The molecule has 3 N–H and O–H groups in total. The molecule has 0 radical (unpaired) electrons. The summed E-state index contributed by atoms with van der Waals surface area (Å²) in [5.41, 5.74) is 8.40. The fourth-order valence-electron chi connectivity index (χ4n) is 5.04. The van der Waals surface area contributed by atoms with Crippen LogP contribution in [0.2, 0.25) is 0 Å². The van der Waals surface area contributed by atoms with E-state index in [0.29, 0.717) is 23.2 Å². The minimum absolute atomic E-state index is 0.105. The molecule has 0 atom stereocenters. The van der Waals surface area contributed by atoms with E-state index in [1.807, 2.05) is 26.8 Å². The lowest BCUT2D eigenvalue weighted by Crippen LogP contribution is -2.21. The molecule has 35 heavy (non-hydrogen) atoms. The number of carbonyl (C=O) groups excluding carboxylic acids is 1. The van der Waals surface area contributed by atoms with E-state index >= 15 is 0 Å². The second-order valence-corrected chi connectivity index (χ2v) is 12.7. The summed E-state index contributed by atoms with van der Waals surface area (Å²) in [7, 11) is 0. The Morgan fingerprint density at radius 1 is 0.714 bits per heavy atom. The molecule has 3 heteroatoms. The van der Waals surface area contributed by atoms with Gasteiger partial charge in [0.1, 0.15) is 5.75 Å². The van der Waals surface area contributed by atoms with Crippen LogP contribution in [-0.4, -0.2) is 10.9 Å². The van der Waals surface area contributed by atoms with Crippen LogP contribution in [0.4, 0.5) is 5.69 Å². The van der Waals surface area contributed by atoms with Crippen LogP contribution < -0.4 is 5.73 Å². The average Bonchev–Trinajstić information content (AvgIpc) is 2.74. The maximum absolute atomic E-state index is 13.1. The van der Waals surface area contributed by atoms with Gasteiger partial charge in [-0.15, -0.1) is 0 Å². The molecule has 0 spiro atoms. The summed E-state index contributed by atoms with van der Waals surface area (Å²) in [5, 5.41) is 11.0. The van der Waals surface area contributed by atoms with E-state index in [9.17, 15) is 9.90 Å². The number of nitrogen functional groups attached to an aromatic ring is 1.